The molecule has 144 valence electrons. The van der Waals surface area contributed by atoms with Gasteiger partial charge in [-0.15, -0.1) is 0 Å². The SMILES string of the molecule is COc1cc(OC)cc(C(=O)NCCNC(=O)c2cc(Cl)ccc2OC)c1. The summed E-state index contributed by atoms with van der Waals surface area (Å²) in [6.45, 7) is 0.480. The van der Waals surface area contributed by atoms with Crippen LogP contribution >= 0.6 is 11.6 Å². The van der Waals surface area contributed by atoms with Gasteiger partial charge in [0, 0.05) is 29.7 Å². The molecule has 0 aromatic heterocycles. The Bertz CT molecular complexity index is 803. The Hall–Kier alpha value is -2.93. The summed E-state index contributed by atoms with van der Waals surface area (Å²) in [6, 6.07) is 9.67. The van der Waals surface area contributed by atoms with Crippen molar-refractivity contribution in [3.63, 3.8) is 0 Å². The monoisotopic (exact) mass is 392 g/mol. The maximum Gasteiger partial charge on any atom is 0.255 e. The molecule has 0 bridgehead atoms. The summed E-state index contributed by atoms with van der Waals surface area (Å²) in [5.74, 6) is 0.805. The zero-order valence-corrected chi connectivity index (χ0v) is 16.1. The number of halogens is 1. The van der Waals surface area contributed by atoms with Gasteiger partial charge in [-0.25, -0.2) is 0 Å². The van der Waals surface area contributed by atoms with Gasteiger partial charge in [-0.1, -0.05) is 11.6 Å². The molecule has 0 saturated heterocycles. The molecule has 0 heterocycles. The second-order valence-electron chi connectivity index (χ2n) is 5.46. The molecule has 0 saturated carbocycles. The molecule has 0 atom stereocenters. The third kappa shape index (κ3) is 5.52. The van der Waals surface area contributed by atoms with Gasteiger partial charge in [-0.2, -0.15) is 0 Å². The molecular weight excluding hydrogens is 372 g/mol. The van der Waals surface area contributed by atoms with Crippen LogP contribution in [-0.2, 0) is 0 Å². The van der Waals surface area contributed by atoms with E-state index in [1.807, 2.05) is 0 Å². The van der Waals surface area contributed by atoms with Crippen LogP contribution in [-0.4, -0.2) is 46.2 Å². The van der Waals surface area contributed by atoms with E-state index in [2.05, 4.69) is 10.6 Å². The largest absolute Gasteiger partial charge is 0.497 e. The van der Waals surface area contributed by atoms with E-state index in [0.717, 1.165) is 0 Å². The van der Waals surface area contributed by atoms with Gasteiger partial charge in [-0.05, 0) is 30.3 Å². The van der Waals surface area contributed by atoms with Gasteiger partial charge in [0.15, 0.2) is 0 Å². The van der Waals surface area contributed by atoms with E-state index in [9.17, 15) is 9.59 Å². The number of hydrogen-bond acceptors (Lipinski definition) is 5. The van der Waals surface area contributed by atoms with Crippen molar-refractivity contribution in [2.75, 3.05) is 34.4 Å². The number of carbonyl (C=O) groups excluding carboxylic acids is 2. The van der Waals surface area contributed by atoms with E-state index < -0.39 is 0 Å². The second-order valence-corrected chi connectivity index (χ2v) is 5.89. The molecule has 0 spiro atoms. The van der Waals surface area contributed by atoms with Gasteiger partial charge >= 0.3 is 0 Å². The number of rotatable bonds is 8. The highest BCUT2D eigenvalue weighted by Gasteiger charge is 2.13. The number of methoxy groups -OCH3 is 3. The highest BCUT2D eigenvalue weighted by molar-refractivity contribution is 6.31. The lowest BCUT2D eigenvalue weighted by molar-refractivity contribution is 0.0925. The smallest absolute Gasteiger partial charge is 0.255 e. The van der Waals surface area contributed by atoms with Crippen molar-refractivity contribution in [1.29, 1.82) is 0 Å². The molecule has 2 rings (SSSR count). The fraction of sp³-hybridized carbons (Fsp3) is 0.263. The van der Waals surface area contributed by atoms with E-state index in [1.54, 1.807) is 30.3 Å². The third-order valence-corrected chi connectivity index (χ3v) is 3.95. The first-order valence-corrected chi connectivity index (χ1v) is 8.49. The molecule has 2 aromatic rings. The molecule has 0 aliphatic carbocycles. The summed E-state index contributed by atoms with van der Waals surface area (Å²) in [5.41, 5.74) is 0.725. The van der Waals surface area contributed by atoms with Crippen LogP contribution in [0, 0.1) is 0 Å². The fourth-order valence-electron chi connectivity index (χ4n) is 2.35. The minimum atomic E-state index is -0.341. The van der Waals surface area contributed by atoms with Crippen molar-refractivity contribution < 1.29 is 23.8 Å². The van der Waals surface area contributed by atoms with Crippen molar-refractivity contribution in [3.05, 3.63) is 52.5 Å². The molecule has 0 aliphatic rings. The molecule has 0 radical (unpaired) electrons. The lowest BCUT2D eigenvalue weighted by Crippen LogP contribution is -2.34. The van der Waals surface area contributed by atoms with Gasteiger partial charge in [0.25, 0.3) is 11.8 Å². The van der Waals surface area contributed by atoms with Crippen LogP contribution in [0.15, 0.2) is 36.4 Å². The zero-order chi connectivity index (χ0) is 19.8. The van der Waals surface area contributed by atoms with Crippen LogP contribution < -0.4 is 24.8 Å². The maximum atomic E-state index is 12.3. The molecule has 0 fully saturated rings. The van der Waals surface area contributed by atoms with Gasteiger partial charge < -0.3 is 24.8 Å². The Morgan fingerprint density at radius 2 is 1.44 bits per heavy atom. The van der Waals surface area contributed by atoms with Gasteiger partial charge in [0.1, 0.15) is 17.2 Å². The second kappa shape index (κ2) is 9.68. The minimum absolute atomic E-state index is 0.237. The number of hydrogen-bond donors (Lipinski definition) is 2. The molecule has 27 heavy (non-hydrogen) atoms. The number of benzene rings is 2. The quantitative estimate of drug-likeness (QED) is 0.674. The first-order valence-electron chi connectivity index (χ1n) is 8.11. The van der Waals surface area contributed by atoms with Crippen LogP contribution in [0.25, 0.3) is 0 Å². The fourth-order valence-corrected chi connectivity index (χ4v) is 2.52. The Morgan fingerprint density at radius 3 is 2.00 bits per heavy atom. The average molecular weight is 393 g/mol. The van der Waals surface area contributed by atoms with Crippen molar-refractivity contribution in [3.8, 4) is 17.2 Å². The van der Waals surface area contributed by atoms with Gasteiger partial charge in [0.2, 0.25) is 0 Å². The van der Waals surface area contributed by atoms with E-state index in [0.29, 0.717) is 33.4 Å². The lowest BCUT2D eigenvalue weighted by Gasteiger charge is -2.11. The van der Waals surface area contributed by atoms with E-state index in [4.69, 9.17) is 25.8 Å². The third-order valence-electron chi connectivity index (χ3n) is 3.72. The van der Waals surface area contributed by atoms with Crippen LogP contribution in [0.3, 0.4) is 0 Å². The molecule has 2 amide bonds. The number of carbonyl (C=O) groups is 2. The van der Waals surface area contributed by atoms with Gasteiger partial charge in [-0.3, -0.25) is 9.59 Å². The summed E-state index contributed by atoms with van der Waals surface area (Å²) >= 11 is 5.92. The first-order chi connectivity index (χ1) is 13.0. The molecule has 0 unspecified atom stereocenters. The Morgan fingerprint density at radius 1 is 0.852 bits per heavy atom. The van der Waals surface area contributed by atoms with Gasteiger partial charge in [0.05, 0.1) is 26.9 Å². The number of ether oxygens (including phenoxy) is 3. The predicted molar refractivity (Wildman–Crippen MR) is 102 cm³/mol. The molecule has 8 heteroatoms. The highest BCUT2D eigenvalue weighted by Crippen LogP contribution is 2.23. The topological polar surface area (TPSA) is 85.9 Å². The van der Waals surface area contributed by atoms with E-state index in [-0.39, 0.29) is 24.9 Å². The van der Waals surface area contributed by atoms with Crippen molar-refractivity contribution in [2.45, 2.75) is 0 Å². The predicted octanol–water partition coefficient (Wildman–Crippen LogP) is 2.53. The molecule has 2 aromatic carbocycles. The average Bonchev–Trinajstić information content (AvgIpc) is 2.70. The molecule has 7 nitrogen and oxygen atoms in total. The number of nitrogens with one attached hydrogen (secondary N) is 2. The normalized spacial score (nSPS) is 10.1. The zero-order valence-electron chi connectivity index (χ0n) is 15.3. The summed E-state index contributed by atoms with van der Waals surface area (Å²) in [4.78, 5) is 24.5. The Labute approximate surface area is 162 Å². The summed E-state index contributed by atoms with van der Waals surface area (Å²) < 4.78 is 15.4. The van der Waals surface area contributed by atoms with Crippen molar-refractivity contribution in [2.24, 2.45) is 0 Å². The molecule has 2 N–H and O–H groups in total. The van der Waals surface area contributed by atoms with Crippen LogP contribution in [0.5, 0.6) is 17.2 Å². The Balaban J connectivity index is 1.91. The maximum absolute atomic E-state index is 12.3. The minimum Gasteiger partial charge on any atom is -0.497 e. The highest BCUT2D eigenvalue weighted by atomic mass is 35.5. The Kier molecular flexibility index (Phi) is 7.31. The lowest BCUT2D eigenvalue weighted by atomic mass is 10.2. The van der Waals surface area contributed by atoms with Crippen molar-refractivity contribution >= 4 is 23.4 Å². The van der Waals surface area contributed by atoms with Crippen LogP contribution in [0.4, 0.5) is 0 Å². The number of amides is 2. The first kappa shape index (κ1) is 20.4. The summed E-state index contributed by atoms with van der Waals surface area (Å²) in [5, 5.41) is 5.87. The molecular formula is C19H21ClN2O5. The van der Waals surface area contributed by atoms with Crippen LogP contribution in [0.2, 0.25) is 5.02 Å². The van der Waals surface area contributed by atoms with Crippen LogP contribution in [0.1, 0.15) is 20.7 Å². The summed E-state index contributed by atoms with van der Waals surface area (Å²) in [7, 11) is 4.49. The molecule has 0 aliphatic heterocycles. The van der Waals surface area contributed by atoms with E-state index in [1.165, 1.54) is 27.4 Å². The van der Waals surface area contributed by atoms with Crippen molar-refractivity contribution in [1.82, 2.24) is 10.6 Å². The summed E-state index contributed by atoms with van der Waals surface area (Å²) in [6.07, 6.45) is 0. The standard InChI is InChI=1S/C19H21ClN2O5/c1-25-14-8-12(9-15(11-14)26-2)18(23)21-6-7-22-19(24)16-10-13(20)4-5-17(16)27-3/h4-5,8-11H,6-7H2,1-3H3,(H,21,23)(H,22,24). The van der Waals surface area contributed by atoms with E-state index >= 15 is 0 Å².